The zero-order chi connectivity index (χ0) is 25.2. The Labute approximate surface area is 208 Å². The van der Waals surface area contributed by atoms with Gasteiger partial charge in [0.15, 0.2) is 0 Å². The van der Waals surface area contributed by atoms with Crippen LogP contribution in [0.2, 0.25) is 0 Å². The fourth-order valence-corrected chi connectivity index (χ4v) is 5.61. The first kappa shape index (κ1) is 29.0. The maximum Gasteiger partial charge on any atom is 0.264 e. The van der Waals surface area contributed by atoms with Gasteiger partial charge in [0.25, 0.3) is 10.1 Å². The van der Waals surface area contributed by atoms with Crippen LogP contribution in [0.5, 0.6) is 11.5 Å². The summed E-state index contributed by atoms with van der Waals surface area (Å²) >= 11 is 0. The van der Waals surface area contributed by atoms with Gasteiger partial charge in [0.2, 0.25) is 0 Å². The van der Waals surface area contributed by atoms with Crippen molar-refractivity contribution in [3.05, 3.63) is 22.3 Å². The normalized spacial score (nSPS) is 17.9. The Balaban J connectivity index is 1.88. The minimum Gasteiger partial charge on any atom is -0.493 e. The highest BCUT2D eigenvalue weighted by Gasteiger charge is 2.34. The van der Waals surface area contributed by atoms with Gasteiger partial charge in [-0.15, -0.1) is 0 Å². The SMILES string of the molecule is CCCCCCCCCC1(C)CCc2c(C)c(OCCCCCCS(=O)(=O)O)c(C)c(C)c2O1. The summed E-state index contributed by atoms with van der Waals surface area (Å²) in [7, 11) is -3.85. The molecule has 1 atom stereocenters. The van der Waals surface area contributed by atoms with E-state index < -0.39 is 10.1 Å². The predicted molar refractivity (Wildman–Crippen MR) is 141 cm³/mol. The quantitative estimate of drug-likeness (QED) is 0.188. The van der Waals surface area contributed by atoms with Crippen LogP contribution in [0.4, 0.5) is 0 Å². The van der Waals surface area contributed by atoms with Gasteiger partial charge in [0.1, 0.15) is 17.1 Å². The molecule has 0 bridgehead atoms. The van der Waals surface area contributed by atoms with Crippen molar-refractivity contribution < 1.29 is 22.4 Å². The number of rotatable bonds is 16. The molecule has 5 nitrogen and oxygen atoms in total. The Morgan fingerprint density at radius 1 is 0.882 bits per heavy atom. The predicted octanol–water partition coefficient (Wildman–Crippen LogP) is 7.66. The van der Waals surface area contributed by atoms with Crippen molar-refractivity contribution in [2.75, 3.05) is 12.4 Å². The van der Waals surface area contributed by atoms with Crippen LogP contribution in [0, 0.1) is 20.8 Å². The van der Waals surface area contributed by atoms with Gasteiger partial charge < -0.3 is 9.47 Å². The van der Waals surface area contributed by atoms with Crippen LogP contribution in [0.1, 0.15) is 120 Å². The molecule has 1 aromatic carbocycles. The number of hydrogen-bond acceptors (Lipinski definition) is 4. The van der Waals surface area contributed by atoms with Crippen molar-refractivity contribution >= 4 is 10.1 Å². The number of unbranched alkanes of at least 4 members (excludes halogenated alkanes) is 9. The molecule has 1 aliphatic heterocycles. The number of benzene rings is 1. The Morgan fingerprint density at radius 2 is 1.50 bits per heavy atom. The summed E-state index contributed by atoms with van der Waals surface area (Å²) in [6.07, 6.45) is 15.5. The van der Waals surface area contributed by atoms with Crippen molar-refractivity contribution in [2.24, 2.45) is 0 Å². The second-order valence-electron chi connectivity index (χ2n) is 10.5. The third-order valence-electron chi connectivity index (χ3n) is 7.42. The first-order chi connectivity index (χ1) is 16.1. The minimum absolute atomic E-state index is 0.0789. The Bertz CT molecular complexity index is 878. The summed E-state index contributed by atoms with van der Waals surface area (Å²) in [6, 6.07) is 0. The van der Waals surface area contributed by atoms with E-state index in [9.17, 15) is 8.42 Å². The fraction of sp³-hybridized carbons (Fsp3) is 0.786. The topological polar surface area (TPSA) is 72.8 Å². The number of fused-ring (bicyclic) bond motifs is 1. The zero-order valence-electron chi connectivity index (χ0n) is 22.3. The van der Waals surface area contributed by atoms with Gasteiger partial charge >= 0.3 is 0 Å². The molecule has 0 radical (unpaired) electrons. The lowest BCUT2D eigenvalue weighted by molar-refractivity contribution is 0.0521. The molecule has 0 saturated heterocycles. The van der Waals surface area contributed by atoms with Crippen LogP contribution in [-0.4, -0.2) is 30.9 Å². The van der Waals surface area contributed by atoms with E-state index in [4.69, 9.17) is 14.0 Å². The van der Waals surface area contributed by atoms with Gasteiger partial charge in [0.05, 0.1) is 12.4 Å². The van der Waals surface area contributed by atoms with E-state index in [2.05, 4.69) is 34.6 Å². The van der Waals surface area contributed by atoms with Crippen molar-refractivity contribution in [3.8, 4) is 11.5 Å². The molecule has 0 saturated carbocycles. The van der Waals surface area contributed by atoms with Crippen molar-refractivity contribution in [1.82, 2.24) is 0 Å². The lowest BCUT2D eigenvalue weighted by Gasteiger charge is -2.38. The molecule has 0 fully saturated rings. The molecule has 0 amide bonds. The van der Waals surface area contributed by atoms with Crippen molar-refractivity contribution in [1.29, 1.82) is 0 Å². The zero-order valence-corrected chi connectivity index (χ0v) is 23.1. The molecule has 6 heteroatoms. The number of hydrogen-bond donors (Lipinski definition) is 1. The van der Waals surface area contributed by atoms with Gasteiger partial charge in [-0.25, -0.2) is 0 Å². The number of ether oxygens (including phenoxy) is 2. The Morgan fingerprint density at radius 3 is 2.18 bits per heavy atom. The molecule has 34 heavy (non-hydrogen) atoms. The first-order valence-corrected chi connectivity index (χ1v) is 15.1. The van der Waals surface area contributed by atoms with Crippen LogP contribution >= 0.6 is 0 Å². The molecular formula is C28H48O5S. The molecule has 196 valence electrons. The highest BCUT2D eigenvalue weighted by molar-refractivity contribution is 7.85. The molecule has 0 spiro atoms. The van der Waals surface area contributed by atoms with E-state index in [1.807, 2.05) is 0 Å². The molecule has 0 aliphatic carbocycles. The van der Waals surface area contributed by atoms with E-state index in [0.29, 0.717) is 13.0 Å². The minimum atomic E-state index is -3.85. The van der Waals surface area contributed by atoms with E-state index >= 15 is 0 Å². The van der Waals surface area contributed by atoms with Crippen molar-refractivity contribution in [3.63, 3.8) is 0 Å². The second-order valence-corrected chi connectivity index (χ2v) is 12.1. The standard InChI is InChI=1S/C28H48O5S/c1-6-7-8-9-10-11-14-18-28(5)19-17-25-24(4)26(22(2)23(3)27(25)33-28)32-20-15-12-13-16-21-34(29,30)31/h6-21H2,1-5H3,(H,29,30,31). The first-order valence-electron chi connectivity index (χ1n) is 13.5. The highest BCUT2D eigenvalue weighted by atomic mass is 32.2. The Hall–Kier alpha value is -1.27. The lowest BCUT2D eigenvalue weighted by atomic mass is 9.84. The van der Waals surface area contributed by atoms with Crippen LogP contribution in [0.15, 0.2) is 0 Å². The van der Waals surface area contributed by atoms with Crippen LogP contribution in [0.3, 0.4) is 0 Å². The molecule has 2 rings (SSSR count). The molecule has 1 unspecified atom stereocenters. The molecular weight excluding hydrogens is 448 g/mol. The van der Waals surface area contributed by atoms with Crippen LogP contribution < -0.4 is 9.47 Å². The van der Waals surface area contributed by atoms with Gasteiger partial charge in [-0.1, -0.05) is 58.3 Å². The average molecular weight is 497 g/mol. The maximum absolute atomic E-state index is 10.8. The summed E-state index contributed by atoms with van der Waals surface area (Å²) in [5.41, 5.74) is 4.76. The third kappa shape index (κ3) is 9.07. The molecule has 1 heterocycles. The summed E-state index contributed by atoms with van der Waals surface area (Å²) < 4.78 is 43.3. The van der Waals surface area contributed by atoms with Crippen LogP contribution in [-0.2, 0) is 16.5 Å². The second kappa shape index (κ2) is 13.7. The van der Waals surface area contributed by atoms with E-state index in [-0.39, 0.29) is 11.4 Å². The van der Waals surface area contributed by atoms with Gasteiger partial charge in [-0.2, -0.15) is 8.42 Å². The Kier molecular flexibility index (Phi) is 11.7. The molecule has 1 N–H and O–H groups in total. The van der Waals surface area contributed by atoms with Crippen molar-refractivity contribution in [2.45, 2.75) is 130 Å². The molecule has 1 aromatic rings. The molecule has 0 aromatic heterocycles. The highest BCUT2D eigenvalue weighted by Crippen LogP contribution is 2.45. The summed E-state index contributed by atoms with van der Waals surface area (Å²) in [5.74, 6) is 1.89. The maximum atomic E-state index is 10.8. The van der Waals surface area contributed by atoms with Gasteiger partial charge in [-0.3, -0.25) is 4.55 Å². The van der Waals surface area contributed by atoms with E-state index in [0.717, 1.165) is 55.6 Å². The van der Waals surface area contributed by atoms with Gasteiger partial charge in [-0.05, 0) is 82.9 Å². The molecule has 1 aliphatic rings. The van der Waals surface area contributed by atoms with E-state index in [1.54, 1.807) is 0 Å². The smallest absolute Gasteiger partial charge is 0.264 e. The lowest BCUT2D eigenvalue weighted by Crippen LogP contribution is -2.37. The van der Waals surface area contributed by atoms with Crippen LogP contribution in [0.25, 0.3) is 0 Å². The third-order valence-corrected chi connectivity index (χ3v) is 8.22. The summed E-state index contributed by atoms with van der Waals surface area (Å²) in [5, 5.41) is 0. The van der Waals surface area contributed by atoms with Gasteiger partial charge in [0, 0.05) is 5.56 Å². The monoisotopic (exact) mass is 496 g/mol. The average Bonchev–Trinajstić information content (AvgIpc) is 2.77. The summed E-state index contributed by atoms with van der Waals surface area (Å²) in [4.78, 5) is 0. The summed E-state index contributed by atoms with van der Waals surface area (Å²) in [6.45, 7) is 11.6. The van der Waals surface area contributed by atoms with E-state index in [1.165, 1.54) is 61.6 Å². The fourth-order valence-electron chi connectivity index (χ4n) is 5.04. The largest absolute Gasteiger partial charge is 0.493 e.